The van der Waals surface area contributed by atoms with E-state index in [1.165, 1.54) is 11.3 Å². The van der Waals surface area contributed by atoms with Gasteiger partial charge in [-0.15, -0.1) is 17.9 Å². The molecule has 0 aliphatic rings. The van der Waals surface area contributed by atoms with E-state index in [2.05, 4.69) is 22.5 Å². The van der Waals surface area contributed by atoms with Gasteiger partial charge >= 0.3 is 0 Å². The number of carbonyl (C=O) groups excluding carboxylic acids is 1. The molecule has 1 heterocycles. The molecule has 0 radical (unpaired) electrons. The van der Waals surface area contributed by atoms with Crippen LogP contribution in [-0.2, 0) is 0 Å². The Labute approximate surface area is 137 Å². The second-order valence-electron chi connectivity index (χ2n) is 5.83. The van der Waals surface area contributed by atoms with Crippen molar-refractivity contribution in [1.82, 2.24) is 4.90 Å². The van der Waals surface area contributed by atoms with E-state index in [0.717, 1.165) is 14.6 Å². The zero-order chi connectivity index (χ0) is 15.8. The van der Waals surface area contributed by atoms with Crippen molar-refractivity contribution in [3.8, 4) is 0 Å². The summed E-state index contributed by atoms with van der Waals surface area (Å²) in [4.78, 5) is 15.3. The predicted octanol–water partition coefficient (Wildman–Crippen LogP) is 4.67. The summed E-state index contributed by atoms with van der Waals surface area (Å²) in [7, 11) is 0. The fourth-order valence-corrected chi connectivity index (χ4v) is 4.01. The van der Waals surface area contributed by atoms with Crippen molar-refractivity contribution >= 4 is 48.9 Å². The van der Waals surface area contributed by atoms with Crippen LogP contribution in [0.3, 0.4) is 0 Å². The number of halogens is 1. The summed E-state index contributed by atoms with van der Waals surface area (Å²) >= 11 is 4.94. The molecule has 2 rings (SSSR count). The highest BCUT2D eigenvalue weighted by Crippen LogP contribution is 2.39. The summed E-state index contributed by atoms with van der Waals surface area (Å²) in [6, 6.07) is 5.86. The van der Waals surface area contributed by atoms with Gasteiger partial charge < -0.3 is 10.6 Å². The van der Waals surface area contributed by atoms with Gasteiger partial charge in [0.15, 0.2) is 0 Å². The number of rotatable bonds is 3. The summed E-state index contributed by atoms with van der Waals surface area (Å²) in [6.07, 6.45) is 1.74. The Morgan fingerprint density at radius 2 is 2.14 bits per heavy atom. The second-order valence-corrected chi connectivity index (χ2v) is 7.74. The van der Waals surface area contributed by atoms with Gasteiger partial charge in [0.1, 0.15) is 4.88 Å². The third-order valence-corrected chi connectivity index (χ3v) is 5.08. The maximum Gasteiger partial charge on any atom is 0.266 e. The Morgan fingerprint density at radius 3 is 2.67 bits per heavy atom. The van der Waals surface area contributed by atoms with Gasteiger partial charge in [0.2, 0.25) is 0 Å². The fraction of sp³-hybridized carbons (Fsp3) is 0.312. The maximum absolute atomic E-state index is 12.9. The Morgan fingerprint density at radius 1 is 1.48 bits per heavy atom. The number of nitrogens with two attached hydrogens (primary N) is 1. The van der Waals surface area contributed by atoms with Crippen molar-refractivity contribution in [1.29, 1.82) is 0 Å². The van der Waals surface area contributed by atoms with Crippen molar-refractivity contribution < 1.29 is 4.79 Å². The van der Waals surface area contributed by atoms with Gasteiger partial charge in [-0.2, -0.15) is 0 Å². The zero-order valence-electron chi connectivity index (χ0n) is 12.4. The highest BCUT2D eigenvalue weighted by atomic mass is 79.9. The number of amides is 1. The van der Waals surface area contributed by atoms with Gasteiger partial charge in [0, 0.05) is 26.6 Å². The first-order valence-electron chi connectivity index (χ1n) is 6.66. The first-order valence-corrected chi connectivity index (χ1v) is 8.27. The Hall–Kier alpha value is -1.33. The molecule has 0 atom stereocenters. The van der Waals surface area contributed by atoms with Gasteiger partial charge in [-0.25, -0.2) is 0 Å². The monoisotopic (exact) mass is 366 g/mol. The molecule has 0 saturated carbocycles. The van der Waals surface area contributed by atoms with E-state index >= 15 is 0 Å². The lowest BCUT2D eigenvalue weighted by Crippen LogP contribution is -2.45. The quantitative estimate of drug-likeness (QED) is 0.802. The molecule has 0 spiro atoms. The lowest BCUT2D eigenvalue weighted by molar-refractivity contribution is 0.0623. The largest absolute Gasteiger partial charge is 0.397 e. The summed E-state index contributed by atoms with van der Waals surface area (Å²) < 4.78 is 1.93. The third kappa shape index (κ3) is 2.99. The normalized spacial score (nSPS) is 11.6. The SMILES string of the molecule is C=CCN(C(=O)c1sc2cccc(Br)c2c1N)C(C)(C)C. The average molecular weight is 367 g/mol. The van der Waals surface area contributed by atoms with E-state index in [1.807, 2.05) is 39.0 Å². The molecule has 2 aromatic rings. The number of thiophene rings is 1. The third-order valence-electron chi connectivity index (χ3n) is 3.26. The molecule has 3 nitrogen and oxygen atoms in total. The van der Waals surface area contributed by atoms with E-state index < -0.39 is 0 Å². The van der Waals surface area contributed by atoms with E-state index in [4.69, 9.17) is 5.73 Å². The smallest absolute Gasteiger partial charge is 0.266 e. The predicted molar refractivity (Wildman–Crippen MR) is 94.9 cm³/mol. The van der Waals surface area contributed by atoms with Crippen LogP contribution in [0.5, 0.6) is 0 Å². The molecule has 21 heavy (non-hydrogen) atoms. The van der Waals surface area contributed by atoms with Crippen LogP contribution in [-0.4, -0.2) is 22.9 Å². The number of fused-ring (bicyclic) bond motifs is 1. The Bertz CT molecular complexity index is 700. The van der Waals surface area contributed by atoms with Crippen molar-refractivity contribution in [2.24, 2.45) is 0 Å². The fourth-order valence-electron chi connectivity index (χ4n) is 2.20. The number of carbonyl (C=O) groups is 1. The van der Waals surface area contributed by atoms with Gasteiger partial charge in [0.25, 0.3) is 5.91 Å². The van der Waals surface area contributed by atoms with Crippen molar-refractivity contribution in [3.05, 3.63) is 40.2 Å². The Kier molecular flexibility index (Phi) is 4.44. The van der Waals surface area contributed by atoms with Crippen molar-refractivity contribution in [2.45, 2.75) is 26.3 Å². The van der Waals surface area contributed by atoms with Gasteiger partial charge in [0.05, 0.1) is 5.69 Å². The molecule has 1 aromatic carbocycles. The second kappa shape index (κ2) is 5.81. The molecule has 1 amide bonds. The first kappa shape index (κ1) is 16.0. The molecular formula is C16H19BrN2OS. The lowest BCUT2D eigenvalue weighted by Gasteiger charge is -2.34. The van der Waals surface area contributed by atoms with E-state index in [0.29, 0.717) is 17.1 Å². The highest BCUT2D eigenvalue weighted by Gasteiger charge is 2.29. The molecule has 0 bridgehead atoms. The van der Waals surface area contributed by atoms with Crippen molar-refractivity contribution in [3.63, 3.8) is 0 Å². The van der Waals surface area contributed by atoms with Crippen LogP contribution in [0.15, 0.2) is 35.3 Å². The minimum absolute atomic E-state index is 0.0481. The summed E-state index contributed by atoms with van der Waals surface area (Å²) in [5.74, 6) is -0.0481. The van der Waals surface area contributed by atoms with Gasteiger partial charge in [-0.3, -0.25) is 4.79 Å². The van der Waals surface area contributed by atoms with Crippen molar-refractivity contribution in [2.75, 3.05) is 12.3 Å². The van der Waals surface area contributed by atoms with E-state index in [9.17, 15) is 4.79 Å². The van der Waals surface area contributed by atoms with E-state index in [-0.39, 0.29) is 11.4 Å². The van der Waals surface area contributed by atoms with Crippen LogP contribution < -0.4 is 5.73 Å². The minimum atomic E-state index is -0.287. The van der Waals surface area contributed by atoms with Crippen LogP contribution in [0.25, 0.3) is 10.1 Å². The molecular weight excluding hydrogens is 348 g/mol. The highest BCUT2D eigenvalue weighted by molar-refractivity contribution is 9.10. The van der Waals surface area contributed by atoms with Crippen LogP contribution in [0.2, 0.25) is 0 Å². The number of benzene rings is 1. The Balaban J connectivity index is 2.55. The standard InChI is InChI=1S/C16H19BrN2OS/c1-5-9-19(16(2,3)4)15(20)14-13(18)12-10(17)7-6-8-11(12)21-14/h5-8H,1,9,18H2,2-4H3. The zero-order valence-corrected chi connectivity index (χ0v) is 14.8. The topological polar surface area (TPSA) is 46.3 Å². The number of hydrogen-bond acceptors (Lipinski definition) is 3. The van der Waals surface area contributed by atoms with E-state index in [1.54, 1.807) is 11.0 Å². The molecule has 0 saturated heterocycles. The molecule has 5 heteroatoms. The number of anilines is 1. The number of nitrogens with zero attached hydrogens (tertiary/aromatic N) is 1. The van der Waals surface area contributed by atoms with Gasteiger partial charge in [-0.1, -0.05) is 28.1 Å². The van der Waals surface area contributed by atoms with Gasteiger partial charge in [-0.05, 0) is 32.9 Å². The van der Waals surface area contributed by atoms with Crippen LogP contribution in [0.4, 0.5) is 5.69 Å². The number of nitrogen functional groups attached to an aromatic ring is 1. The molecule has 0 unspecified atom stereocenters. The summed E-state index contributed by atoms with van der Waals surface area (Å²) in [5.41, 5.74) is 6.49. The molecule has 0 fully saturated rings. The molecule has 0 aliphatic heterocycles. The van der Waals surface area contributed by atoms with Crippen LogP contribution in [0, 0.1) is 0 Å². The molecule has 1 aromatic heterocycles. The van der Waals surface area contributed by atoms with Crippen LogP contribution in [0.1, 0.15) is 30.4 Å². The maximum atomic E-state index is 12.9. The lowest BCUT2D eigenvalue weighted by atomic mass is 10.1. The summed E-state index contributed by atoms with van der Waals surface area (Å²) in [6.45, 7) is 10.3. The minimum Gasteiger partial charge on any atom is -0.397 e. The molecule has 2 N–H and O–H groups in total. The molecule has 112 valence electrons. The summed E-state index contributed by atoms with van der Waals surface area (Å²) in [5, 5.41) is 0.915. The first-order chi connectivity index (χ1) is 9.77. The average Bonchev–Trinajstić information content (AvgIpc) is 2.73. The number of hydrogen-bond donors (Lipinski definition) is 1. The molecule has 0 aliphatic carbocycles. The van der Waals surface area contributed by atoms with Crippen LogP contribution >= 0.6 is 27.3 Å².